The third-order valence-electron chi connectivity index (χ3n) is 2.14. The summed E-state index contributed by atoms with van der Waals surface area (Å²) in [5.74, 6) is -0.983. The lowest BCUT2D eigenvalue weighted by Crippen LogP contribution is -2.33. The second-order valence-corrected chi connectivity index (χ2v) is 4.98. The van der Waals surface area contributed by atoms with E-state index in [1.165, 1.54) is 17.1 Å². The molecule has 1 aromatic heterocycles. The summed E-state index contributed by atoms with van der Waals surface area (Å²) in [6.07, 6.45) is 4.84. The first-order valence-corrected chi connectivity index (χ1v) is 6.62. The molecule has 18 heavy (non-hydrogen) atoms. The van der Waals surface area contributed by atoms with Crippen LogP contribution < -0.4 is 10.6 Å². The molecule has 1 rings (SSSR count). The Hall–Kier alpha value is -1.70. The molecule has 100 valence electrons. The number of hydrogen-bond donors (Lipinski definition) is 3. The minimum atomic E-state index is -0.983. The van der Waals surface area contributed by atoms with E-state index in [0.717, 1.165) is 0 Å². The van der Waals surface area contributed by atoms with Crippen molar-refractivity contribution in [2.75, 3.05) is 18.1 Å². The van der Waals surface area contributed by atoms with Crippen LogP contribution in [0, 0.1) is 0 Å². The zero-order chi connectivity index (χ0) is 13.5. The summed E-state index contributed by atoms with van der Waals surface area (Å²) in [5.41, 5.74) is 0.463. The Kier molecular flexibility index (Phi) is 5.50. The van der Waals surface area contributed by atoms with Crippen molar-refractivity contribution in [1.82, 2.24) is 15.1 Å². The molecule has 2 amide bonds. The van der Waals surface area contributed by atoms with Gasteiger partial charge in [0.25, 0.3) is 0 Å². The normalized spacial score (nSPS) is 11.9. The molecular weight excluding hydrogens is 256 g/mol. The summed E-state index contributed by atoms with van der Waals surface area (Å²) in [6.45, 7) is 2.35. The summed E-state index contributed by atoms with van der Waals surface area (Å²) in [7, 11) is 0. The Morgan fingerprint density at radius 2 is 2.33 bits per heavy atom. The van der Waals surface area contributed by atoms with Gasteiger partial charge in [-0.2, -0.15) is 16.9 Å². The number of carbonyl (C=O) groups is 2. The SMILES string of the molecule is CSC(C)CNC(=O)Nc1cnn(CC(=O)O)c1. The monoisotopic (exact) mass is 272 g/mol. The average Bonchev–Trinajstić information content (AvgIpc) is 2.72. The van der Waals surface area contributed by atoms with Gasteiger partial charge in [-0.15, -0.1) is 0 Å². The standard InChI is InChI=1S/C10H16N4O3S/c1-7(18-2)3-11-10(17)13-8-4-12-14(5-8)6-9(15)16/h4-5,7H,3,6H2,1-2H3,(H,15,16)(H2,11,13,17). The minimum absolute atomic E-state index is 0.229. The maximum Gasteiger partial charge on any atom is 0.325 e. The van der Waals surface area contributed by atoms with Gasteiger partial charge >= 0.3 is 12.0 Å². The number of aliphatic carboxylic acids is 1. The Labute approximate surface area is 109 Å². The number of urea groups is 1. The van der Waals surface area contributed by atoms with Crippen molar-refractivity contribution in [3.63, 3.8) is 0 Å². The van der Waals surface area contributed by atoms with Gasteiger partial charge in [-0.1, -0.05) is 6.92 Å². The molecule has 3 N–H and O–H groups in total. The van der Waals surface area contributed by atoms with Crippen LogP contribution in [0.1, 0.15) is 6.92 Å². The highest BCUT2D eigenvalue weighted by Crippen LogP contribution is 2.05. The summed E-state index contributed by atoms with van der Waals surface area (Å²) in [5, 5.41) is 18.0. The molecule has 0 aliphatic carbocycles. The van der Waals surface area contributed by atoms with Gasteiger partial charge in [-0.25, -0.2) is 4.79 Å². The van der Waals surface area contributed by atoms with Crippen molar-refractivity contribution < 1.29 is 14.7 Å². The largest absolute Gasteiger partial charge is 0.480 e. The van der Waals surface area contributed by atoms with E-state index in [-0.39, 0.29) is 12.6 Å². The van der Waals surface area contributed by atoms with Crippen LogP contribution in [0.25, 0.3) is 0 Å². The van der Waals surface area contributed by atoms with Gasteiger partial charge < -0.3 is 15.7 Å². The first kappa shape index (κ1) is 14.4. The average molecular weight is 272 g/mol. The summed E-state index contributed by atoms with van der Waals surface area (Å²) in [6, 6.07) is -0.328. The smallest absolute Gasteiger partial charge is 0.325 e. The fourth-order valence-corrected chi connectivity index (χ4v) is 1.40. The van der Waals surface area contributed by atoms with Crippen LogP contribution in [0.15, 0.2) is 12.4 Å². The van der Waals surface area contributed by atoms with E-state index >= 15 is 0 Å². The third kappa shape index (κ3) is 5.09. The zero-order valence-electron chi connectivity index (χ0n) is 10.2. The van der Waals surface area contributed by atoms with Crippen LogP contribution in [0.3, 0.4) is 0 Å². The number of carbonyl (C=O) groups excluding carboxylic acids is 1. The molecule has 1 heterocycles. The summed E-state index contributed by atoms with van der Waals surface area (Å²) in [4.78, 5) is 21.9. The number of carboxylic acids is 1. The molecule has 0 aromatic carbocycles. The first-order valence-electron chi connectivity index (χ1n) is 5.33. The van der Waals surface area contributed by atoms with Crippen LogP contribution in [-0.2, 0) is 11.3 Å². The lowest BCUT2D eigenvalue weighted by atomic mass is 10.5. The van der Waals surface area contributed by atoms with E-state index in [2.05, 4.69) is 15.7 Å². The van der Waals surface area contributed by atoms with Gasteiger partial charge in [0.05, 0.1) is 11.9 Å². The first-order chi connectivity index (χ1) is 8.51. The number of rotatable bonds is 6. The lowest BCUT2D eigenvalue weighted by Gasteiger charge is -2.09. The Bertz CT molecular complexity index is 421. The van der Waals surface area contributed by atoms with E-state index in [1.54, 1.807) is 11.8 Å². The fraction of sp³-hybridized carbons (Fsp3) is 0.500. The fourth-order valence-electron chi connectivity index (χ4n) is 1.15. The van der Waals surface area contributed by atoms with Gasteiger partial charge in [0.1, 0.15) is 6.54 Å². The van der Waals surface area contributed by atoms with Crippen LogP contribution in [0.5, 0.6) is 0 Å². The highest BCUT2D eigenvalue weighted by molar-refractivity contribution is 7.99. The molecule has 0 spiro atoms. The van der Waals surface area contributed by atoms with Crippen molar-refractivity contribution in [2.45, 2.75) is 18.7 Å². The molecule has 0 aliphatic heterocycles. The topological polar surface area (TPSA) is 96.3 Å². The number of aromatic nitrogens is 2. The van der Waals surface area contributed by atoms with E-state index in [9.17, 15) is 9.59 Å². The lowest BCUT2D eigenvalue weighted by molar-refractivity contribution is -0.137. The molecule has 0 fully saturated rings. The minimum Gasteiger partial charge on any atom is -0.480 e. The van der Waals surface area contributed by atoms with E-state index in [0.29, 0.717) is 17.5 Å². The van der Waals surface area contributed by atoms with Crippen molar-refractivity contribution in [1.29, 1.82) is 0 Å². The molecule has 0 saturated heterocycles. The number of hydrogen-bond acceptors (Lipinski definition) is 4. The molecule has 8 heteroatoms. The molecule has 1 aromatic rings. The molecular formula is C10H16N4O3S. The number of thioether (sulfide) groups is 1. The van der Waals surface area contributed by atoms with Crippen LogP contribution >= 0.6 is 11.8 Å². The predicted octanol–water partition coefficient (Wildman–Crippen LogP) is 0.841. The Balaban J connectivity index is 2.40. The number of amides is 2. The molecule has 0 saturated carbocycles. The van der Waals surface area contributed by atoms with Gasteiger partial charge in [0, 0.05) is 18.0 Å². The molecule has 0 aliphatic rings. The highest BCUT2D eigenvalue weighted by atomic mass is 32.2. The molecule has 1 atom stereocenters. The molecule has 0 bridgehead atoms. The quantitative estimate of drug-likeness (QED) is 0.713. The third-order valence-corrected chi connectivity index (χ3v) is 3.11. The van der Waals surface area contributed by atoms with Crippen molar-refractivity contribution in [3.8, 4) is 0 Å². The van der Waals surface area contributed by atoms with Gasteiger partial charge in [-0.3, -0.25) is 9.48 Å². The van der Waals surface area contributed by atoms with E-state index in [4.69, 9.17) is 5.11 Å². The van der Waals surface area contributed by atoms with Crippen LogP contribution in [0.2, 0.25) is 0 Å². The van der Waals surface area contributed by atoms with Gasteiger partial charge in [0.2, 0.25) is 0 Å². The number of nitrogens with zero attached hydrogens (tertiary/aromatic N) is 2. The van der Waals surface area contributed by atoms with Crippen LogP contribution in [0.4, 0.5) is 10.5 Å². The van der Waals surface area contributed by atoms with Crippen molar-refractivity contribution in [3.05, 3.63) is 12.4 Å². The highest BCUT2D eigenvalue weighted by Gasteiger charge is 2.07. The maximum absolute atomic E-state index is 11.5. The molecule has 0 radical (unpaired) electrons. The van der Waals surface area contributed by atoms with Crippen LogP contribution in [-0.4, -0.2) is 44.9 Å². The summed E-state index contributed by atoms with van der Waals surface area (Å²) >= 11 is 1.66. The van der Waals surface area contributed by atoms with E-state index in [1.807, 2.05) is 13.2 Å². The molecule has 1 unspecified atom stereocenters. The van der Waals surface area contributed by atoms with Crippen molar-refractivity contribution >= 4 is 29.4 Å². The van der Waals surface area contributed by atoms with Gasteiger partial charge in [0.15, 0.2) is 0 Å². The second-order valence-electron chi connectivity index (χ2n) is 3.70. The second kappa shape index (κ2) is 6.90. The number of carboxylic acid groups (broad SMARTS) is 1. The van der Waals surface area contributed by atoms with E-state index < -0.39 is 5.97 Å². The summed E-state index contributed by atoms with van der Waals surface area (Å²) < 4.78 is 1.24. The number of anilines is 1. The predicted molar refractivity (Wildman–Crippen MR) is 69.9 cm³/mol. The Morgan fingerprint density at radius 3 is 2.94 bits per heavy atom. The molecule has 7 nitrogen and oxygen atoms in total. The Morgan fingerprint density at radius 1 is 1.61 bits per heavy atom. The maximum atomic E-state index is 11.5. The number of nitrogens with one attached hydrogen (secondary N) is 2. The van der Waals surface area contributed by atoms with Crippen molar-refractivity contribution in [2.24, 2.45) is 0 Å². The zero-order valence-corrected chi connectivity index (χ0v) is 11.0. The van der Waals surface area contributed by atoms with Gasteiger partial charge in [-0.05, 0) is 6.26 Å².